The van der Waals surface area contributed by atoms with Gasteiger partial charge in [-0.25, -0.2) is 4.79 Å². The molecule has 0 bridgehead atoms. The van der Waals surface area contributed by atoms with Crippen LogP contribution < -0.4 is 5.73 Å². The van der Waals surface area contributed by atoms with E-state index in [0.29, 0.717) is 18.0 Å². The van der Waals surface area contributed by atoms with Gasteiger partial charge < -0.3 is 15.4 Å². The van der Waals surface area contributed by atoms with Gasteiger partial charge in [-0.15, -0.1) is 0 Å². The minimum Gasteiger partial charge on any atom is -0.478 e. The molecule has 0 spiro atoms. The Labute approximate surface area is 106 Å². The lowest BCUT2D eigenvalue weighted by Crippen LogP contribution is -2.08. The van der Waals surface area contributed by atoms with Crippen LogP contribution in [0.3, 0.4) is 0 Å². The molecule has 0 unspecified atom stereocenters. The maximum absolute atomic E-state index is 11.0. The van der Waals surface area contributed by atoms with Crippen LogP contribution in [0.5, 0.6) is 0 Å². The number of aromatic nitrogens is 1. The van der Waals surface area contributed by atoms with Crippen LogP contribution in [-0.4, -0.2) is 22.2 Å². The molecule has 3 N–H and O–H groups in total. The molecule has 4 heteroatoms. The monoisotopic (exact) mass is 246 g/mol. The van der Waals surface area contributed by atoms with Crippen molar-refractivity contribution in [1.82, 2.24) is 4.57 Å². The zero-order valence-electron chi connectivity index (χ0n) is 10.7. The second kappa shape index (κ2) is 4.82. The first-order valence-electron chi connectivity index (χ1n) is 6.10. The van der Waals surface area contributed by atoms with E-state index in [0.717, 1.165) is 17.4 Å². The molecular formula is C14H18N2O2. The number of hydrogen-bond donors (Lipinski definition) is 2. The van der Waals surface area contributed by atoms with Crippen molar-refractivity contribution in [1.29, 1.82) is 0 Å². The maximum atomic E-state index is 11.0. The highest BCUT2D eigenvalue weighted by atomic mass is 16.4. The molecule has 0 saturated carbocycles. The predicted molar refractivity (Wildman–Crippen MR) is 72.0 cm³/mol. The summed E-state index contributed by atoms with van der Waals surface area (Å²) in [6.07, 6.45) is 2.08. The minimum absolute atomic E-state index is 0.329. The summed E-state index contributed by atoms with van der Waals surface area (Å²) in [5.41, 5.74) is 8.15. The van der Waals surface area contributed by atoms with Crippen molar-refractivity contribution in [3.05, 3.63) is 35.5 Å². The van der Waals surface area contributed by atoms with Crippen molar-refractivity contribution in [3.63, 3.8) is 0 Å². The molecule has 0 radical (unpaired) electrons. The van der Waals surface area contributed by atoms with Gasteiger partial charge in [-0.3, -0.25) is 0 Å². The summed E-state index contributed by atoms with van der Waals surface area (Å²) >= 11 is 0. The molecule has 0 fully saturated rings. The molecule has 4 nitrogen and oxygen atoms in total. The summed E-state index contributed by atoms with van der Waals surface area (Å²) < 4.78 is 2.09. The van der Waals surface area contributed by atoms with Crippen molar-refractivity contribution < 1.29 is 9.90 Å². The zero-order chi connectivity index (χ0) is 13.3. The van der Waals surface area contributed by atoms with Gasteiger partial charge in [0.25, 0.3) is 0 Å². The topological polar surface area (TPSA) is 68.2 Å². The number of benzene rings is 1. The first-order chi connectivity index (χ1) is 8.54. The van der Waals surface area contributed by atoms with Crippen molar-refractivity contribution in [2.24, 2.45) is 5.73 Å². The van der Waals surface area contributed by atoms with Crippen LogP contribution >= 0.6 is 0 Å². The third-order valence-electron chi connectivity index (χ3n) is 3.15. The first-order valence-corrected chi connectivity index (χ1v) is 6.10. The Morgan fingerprint density at radius 1 is 1.44 bits per heavy atom. The number of rotatable bonds is 4. The van der Waals surface area contributed by atoms with Crippen molar-refractivity contribution >= 4 is 16.9 Å². The molecule has 96 valence electrons. The van der Waals surface area contributed by atoms with Gasteiger partial charge in [0.2, 0.25) is 0 Å². The Hall–Kier alpha value is -1.81. The summed E-state index contributed by atoms with van der Waals surface area (Å²) in [7, 11) is 0. The maximum Gasteiger partial charge on any atom is 0.335 e. The number of carboxylic acids is 1. The van der Waals surface area contributed by atoms with Crippen LogP contribution in [0.15, 0.2) is 24.4 Å². The summed E-state index contributed by atoms with van der Waals surface area (Å²) in [5.74, 6) is -0.534. The van der Waals surface area contributed by atoms with Crippen LogP contribution in [-0.2, 0) is 6.54 Å². The van der Waals surface area contributed by atoms with E-state index in [9.17, 15) is 4.79 Å². The molecule has 1 aromatic carbocycles. The van der Waals surface area contributed by atoms with E-state index in [1.807, 2.05) is 6.07 Å². The summed E-state index contributed by atoms with van der Waals surface area (Å²) in [4.78, 5) is 11.0. The Kier molecular flexibility index (Phi) is 3.39. The van der Waals surface area contributed by atoms with Crippen molar-refractivity contribution in [3.8, 4) is 0 Å². The molecule has 1 aromatic heterocycles. The van der Waals surface area contributed by atoms with Crippen LogP contribution in [0, 0.1) is 0 Å². The summed E-state index contributed by atoms with van der Waals surface area (Å²) in [6, 6.07) is 5.25. The lowest BCUT2D eigenvalue weighted by molar-refractivity contribution is 0.0697. The third-order valence-corrected chi connectivity index (χ3v) is 3.15. The van der Waals surface area contributed by atoms with Crippen LogP contribution in [0.25, 0.3) is 10.9 Å². The van der Waals surface area contributed by atoms with Gasteiger partial charge in [-0.05, 0) is 29.7 Å². The number of nitrogens with two attached hydrogens (primary N) is 1. The highest BCUT2D eigenvalue weighted by Crippen LogP contribution is 2.28. The largest absolute Gasteiger partial charge is 0.478 e. The summed E-state index contributed by atoms with van der Waals surface area (Å²) in [5, 5.41) is 10.1. The van der Waals surface area contributed by atoms with E-state index in [2.05, 4.69) is 24.6 Å². The predicted octanol–water partition coefficient (Wildman–Crippen LogP) is 2.42. The lowest BCUT2D eigenvalue weighted by atomic mass is 10.0. The number of fused-ring (bicyclic) bond motifs is 1. The Balaban J connectivity index is 2.67. The fraction of sp³-hybridized carbons (Fsp3) is 0.357. The molecule has 0 aliphatic heterocycles. The minimum atomic E-state index is -0.891. The second-order valence-electron chi connectivity index (χ2n) is 4.76. The van der Waals surface area contributed by atoms with Gasteiger partial charge in [0, 0.05) is 30.2 Å². The van der Waals surface area contributed by atoms with Gasteiger partial charge in [0.1, 0.15) is 0 Å². The number of hydrogen-bond acceptors (Lipinski definition) is 2. The van der Waals surface area contributed by atoms with Crippen LogP contribution in [0.4, 0.5) is 0 Å². The first kappa shape index (κ1) is 12.6. The van der Waals surface area contributed by atoms with Gasteiger partial charge >= 0.3 is 5.97 Å². The van der Waals surface area contributed by atoms with E-state index in [4.69, 9.17) is 10.8 Å². The van der Waals surface area contributed by atoms with Crippen LogP contribution in [0.2, 0.25) is 0 Å². The molecule has 0 amide bonds. The molecule has 2 aromatic rings. The van der Waals surface area contributed by atoms with Gasteiger partial charge in [0.15, 0.2) is 0 Å². The number of nitrogens with zero attached hydrogens (tertiary/aromatic N) is 1. The van der Waals surface area contributed by atoms with E-state index in [1.54, 1.807) is 12.1 Å². The third kappa shape index (κ3) is 2.11. The van der Waals surface area contributed by atoms with E-state index < -0.39 is 5.97 Å². The number of carboxylic acid groups (broad SMARTS) is 1. The molecule has 2 rings (SSSR count). The zero-order valence-corrected chi connectivity index (χ0v) is 10.7. The van der Waals surface area contributed by atoms with E-state index >= 15 is 0 Å². The average Bonchev–Trinajstić information content (AvgIpc) is 2.68. The highest BCUT2D eigenvalue weighted by Gasteiger charge is 2.13. The van der Waals surface area contributed by atoms with Gasteiger partial charge in [-0.2, -0.15) is 0 Å². The Morgan fingerprint density at radius 3 is 2.72 bits per heavy atom. The fourth-order valence-corrected chi connectivity index (χ4v) is 2.24. The smallest absolute Gasteiger partial charge is 0.335 e. The normalized spacial score (nSPS) is 11.3. The summed E-state index contributed by atoms with van der Waals surface area (Å²) in [6.45, 7) is 5.53. The molecule has 0 aliphatic carbocycles. The van der Waals surface area contributed by atoms with E-state index in [1.165, 1.54) is 5.56 Å². The van der Waals surface area contributed by atoms with E-state index in [-0.39, 0.29) is 0 Å². The Bertz CT molecular complexity index is 585. The SMILES string of the molecule is CC(C)c1cn(CCN)c2ccc(C(=O)O)cc12. The average molecular weight is 246 g/mol. The fourth-order valence-electron chi connectivity index (χ4n) is 2.24. The lowest BCUT2D eigenvalue weighted by Gasteiger charge is -2.03. The Morgan fingerprint density at radius 2 is 2.17 bits per heavy atom. The molecule has 18 heavy (non-hydrogen) atoms. The van der Waals surface area contributed by atoms with Crippen molar-refractivity contribution in [2.45, 2.75) is 26.3 Å². The molecule has 1 heterocycles. The molecule has 0 atom stereocenters. The number of aromatic carboxylic acids is 1. The molecular weight excluding hydrogens is 228 g/mol. The van der Waals surface area contributed by atoms with Gasteiger partial charge in [-0.1, -0.05) is 13.8 Å². The van der Waals surface area contributed by atoms with Gasteiger partial charge in [0.05, 0.1) is 5.56 Å². The quantitative estimate of drug-likeness (QED) is 0.870. The van der Waals surface area contributed by atoms with Crippen molar-refractivity contribution in [2.75, 3.05) is 6.54 Å². The standard InChI is InChI=1S/C14H18N2O2/c1-9(2)12-8-16(6-5-15)13-4-3-10(14(17)18)7-11(12)13/h3-4,7-9H,5-6,15H2,1-2H3,(H,17,18). The second-order valence-corrected chi connectivity index (χ2v) is 4.76. The molecule has 0 saturated heterocycles. The number of carbonyl (C=O) groups is 1. The molecule has 0 aliphatic rings. The highest BCUT2D eigenvalue weighted by molar-refractivity contribution is 5.95. The van der Waals surface area contributed by atoms with Crippen LogP contribution in [0.1, 0.15) is 35.7 Å².